The first-order chi connectivity index (χ1) is 22.0. The first kappa shape index (κ1) is 38.2. The van der Waals surface area contributed by atoms with Crippen molar-refractivity contribution < 1.29 is 79.7 Å². The molecule has 0 aliphatic heterocycles. The van der Waals surface area contributed by atoms with Crippen LogP contribution in [-0.4, -0.2) is 61.6 Å². The summed E-state index contributed by atoms with van der Waals surface area (Å²) in [5.41, 5.74) is 1.17. The number of hydrogen-bond donors (Lipinski definition) is 0. The van der Waals surface area contributed by atoms with Gasteiger partial charge in [0, 0.05) is 0 Å². The minimum atomic E-state index is -6.43. The molecule has 3 aromatic carbocycles. The van der Waals surface area contributed by atoms with Gasteiger partial charge >= 0.3 is 48.4 Å². The molecule has 0 saturated heterocycles. The predicted molar refractivity (Wildman–Crippen MR) is 135 cm³/mol. The van der Waals surface area contributed by atoms with Crippen molar-refractivity contribution >= 4 is 11.4 Å². The summed E-state index contributed by atoms with van der Waals surface area (Å²) in [6.45, 7) is -4.69. The molecular weight excluding hydrogens is 700 g/mol. The van der Waals surface area contributed by atoms with Crippen LogP contribution in [0.15, 0.2) is 83.0 Å². The number of rotatable bonds is 15. The van der Waals surface area contributed by atoms with Crippen LogP contribution >= 0.6 is 0 Å². The van der Waals surface area contributed by atoms with Gasteiger partial charge in [-0.25, -0.2) is 17.6 Å². The van der Waals surface area contributed by atoms with E-state index in [2.05, 4.69) is 19.7 Å². The number of azo groups is 1. The first-order valence-electron chi connectivity index (χ1n) is 12.8. The molecule has 0 atom stereocenters. The fraction of sp³-hybridized carbons (Fsp3) is 0.357. The fourth-order valence-corrected chi connectivity index (χ4v) is 3.48. The van der Waals surface area contributed by atoms with E-state index in [4.69, 9.17) is 0 Å². The molecule has 0 spiro atoms. The summed E-state index contributed by atoms with van der Waals surface area (Å²) >= 11 is 0. The highest BCUT2D eigenvalue weighted by molar-refractivity contribution is 5.66. The number of halogens is 16. The van der Waals surface area contributed by atoms with Crippen molar-refractivity contribution in [3.05, 3.63) is 72.8 Å². The molecular formula is C28H18F16N2O2. The maximum absolute atomic E-state index is 13.7. The van der Waals surface area contributed by atoms with Gasteiger partial charge in [-0.05, 0) is 59.7 Å². The van der Waals surface area contributed by atoms with Crippen LogP contribution in [0.1, 0.15) is 0 Å². The van der Waals surface area contributed by atoms with E-state index < -0.39 is 73.1 Å². The van der Waals surface area contributed by atoms with E-state index in [0.29, 0.717) is 11.1 Å². The molecule has 4 nitrogen and oxygen atoms in total. The summed E-state index contributed by atoms with van der Waals surface area (Å²) in [4.78, 5) is 0. The Morgan fingerprint density at radius 2 is 0.708 bits per heavy atom. The molecule has 0 aliphatic carbocycles. The van der Waals surface area contributed by atoms with Gasteiger partial charge in [0.05, 0.1) is 11.4 Å². The lowest BCUT2D eigenvalue weighted by atomic mass is 10.0. The van der Waals surface area contributed by atoms with Crippen LogP contribution < -0.4 is 9.47 Å². The van der Waals surface area contributed by atoms with Crippen LogP contribution in [0.25, 0.3) is 11.1 Å². The standard InChI is InChI=1S/C28H18F16N2O2/c29-21(30)25(37,38)27(41,42)23(33,34)13-47-19-9-3-16(4-10-19)15-1-5-17(6-2-15)45-46-18-7-11-20(12-8-18)48-14-24(35,36)28(43,44)26(39,40)22(31)32/h1-12,21-22H,13-14H2/b46-45+. The van der Waals surface area contributed by atoms with Gasteiger partial charge in [-0.15, -0.1) is 0 Å². The van der Waals surface area contributed by atoms with Crippen LogP contribution in [0.3, 0.4) is 0 Å². The van der Waals surface area contributed by atoms with Crippen molar-refractivity contribution in [3.8, 4) is 22.6 Å². The molecule has 0 fully saturated rings. The van der Waals surface area contributed by atoms with Crippen LogP contribution in [0.2, 0.25) is 0 Å². The Labute approximate surface area is 259 Å². The third-order valence-electron chi connectivity index (χ3n) is 6.32. The average Bonchev–Trinajstić information content (AvgIpc) is 3.02. The number of benzene rings is 3. The van der Waals surface area contributed by atoms with Crippen LogP contribution in [0, 0.1) is 0 Å². The van der Waals surface area contributed by atoms with E-state index in [-0.39, 0.29) is 11.4 Å². The van der Waals surface area contributed by atoms with Crippen molar-refractivity contribution in [2.24, 2.45) is 10.2 Å². The van der Waals surface area contributed by atoms with E-state index in [1.165, 1.54) is 36.4 Å². The maximum atomic E-state index is 13.7. The van der Waals surface area contributed by atoms with Crippen LogP contribution in [0.5, 0.6) is 11.5 Å². The van der Waals surface area contributed by atoms with E-state index >= 15 is 0 Å². The summed E-state index contributed by atoms with van der Waals surface area (Å²) in [6.07, 6.45) is -10.1. The Kier molecular flexibility index (Phi) is 10.9. The third kappa shape index (κ3) is 7.72. The van der Waals surface area contributed by atoms with Crippen molar-refractivity contribution in [2.75, 3.05) is 13.2 Å². The van der Waals surface area contributed by atoms with Gasteiger partial charge in [-0.1, -0.05) is 24.3 Å². The average molecular weight is 718 g/mol. The van der Waals surface area contributed by atoms with E-state index in [9.17, 15) is 70.2 Å². The summed E-state index contributed by atoms with van der Waals surface area (Å²) in [5.74, 6) is -37.8. The lowest BCUT2D eigenvalue weighted by Crippen LogP contribution is -2.59. The van der Waals surface area contributed by atoms with Gasteiger partial charge in [0.25, 0.3) is 0 Å². The van der Waals surface area contributed by atoms with Gasteiger partial charge in [-0.3, -0.25) is 0 Å². The molecule has 0 N–H and O–H groups in total. The Bertz CT molecular complexity index is 1530. The zero-order valence-electron chi connectivity index (χ0n) is 23.3. The molecule has 3 rings (SSSR count). The molecule has 48 heavy (non-hydrogen) atoms. The molecule has 0 unspecified atom stereocenters. The zero-order chi connectivity index (χ0) is 36.3. The Morgan fingerprint density at radius 3 is 1.02 bits per heavy atom. The monoisotopic (exact) mass is 718 g/mol. The summed E-state index contributed by atoms with van der Waals surface area (Å²) < 4.78 is 218. The van der Waals surface area contributed by atoms with Gasteiger partial charge in [0.1, 0.15) is 11.5 Å². The zero-order valence-corrected chi connectivity index (χ0v) is 23.3. The summed E-state index contributed by atoms with van der Waals surface area (Å²) in [6, 6.07) is 14.4. The fourth-order valence-electron chi connectivity index (χ4n) is 3.48. The Morgan fingerprint density at radius 1 is 0.438 bits per heavy atom. The van der Waals surface area contributed by atoms with E-state index in [1.54, 1.807) is 0 Å². The molecule has 0 aliphatic rings. The molecule has 0 bridgehead atoms. The SMILES string of the molecule is FC(F)C(F)(F)C(F)(F)C(F)(F)COc1ccc(/N=N/c2ccc(-c3ccc(OCC(F)(F)C(F)(F)C(F)(F)C(F)F)cc3)cc2)cc1. The van der Waals surface area contributed by atoms with Gasteiger partial charge < -0.3 is 9.47 Å². The van der Waals surface area contributed by atoms with Gasteiger partial charge in [0.15, 0.2) is 13.2 Å². The highest BCUT2D eigenvalue weighted by atomic mass is 19.4. The smallest absolute Gasteiger partial charge is 0.381 e. The number of nitrogens with zero attached hydrogens (tertiary/aromatic N) is 2. The van der Waals surface area contributed by atoms with Crippen LogP contribution in [0.4, 0.5) is 81.6 Å². The van der Waals surface area contributed by atoms with Gasteiger partial charge in [-0.2, -0.15) is 62.9 Å². The lowest BCUT2D eigenvalue weighted by molar-refractivity contribution is -0.342. The second kappa shape index (κ2) is 13.7. The normalized spacial score (nSPS) is 13.9. The van der Waals surface area contributed by atoms with Crippen LogP contribution in [-0.2, 0) is 0 Å². The lowest BCUT2D eigenvalue weighted by Gasteiger charge is -2.32. The van der Waals surface area contributed by atoms with Gasteiger partial charge in [0.2, 0.25) is 0 Å². The van der Waals surface area contributed by atoms with E-state index in [0.717, 1.165) is 36.4 Å². The molecule has 0 amide bonds. The first-order valence-corrected chi connectivity index (χ1v) is 12.8. The van der Waals surface area contributed by atoms with E-state index in [1.807, 2.05) is 0 Å². The molecule has 3 aromatic rings. The Balaban J connectivity index is 1.58. The topological polar surface area (TPSA) is 43.2 Å². The molecule has 0 heterocycles. The highest BCUT2D eigenvalue weighted by Crippen LogP contribution is 2.50. The number of hydrogen-bond acceptors (Lipinski definition) is 4. The molecule has 264 valence electrons. The van der Waals surface area contributed by atoms with Crippen molar-refractivity contribution in [1.29, 1.82) is 0 Å². The quantitative estimate of drug-likeness (QED) is 0.116. The molecule has 0 saturated carbocycles. The van der Waals surface area contributed by atoms with Crippen molar-refractivity contribution in [2.45, 2.75) is 48.4 Å². The third-order valence-corrected chi connectivity index (χ3v) is 6.32. The number of alkyl halides is 16. The predicted octanol–water partition coefficient (Wildman–Crippen LogP) is 10.9. The largest absolute Gasteiger partial charge is 0.487 e. The second-order valence-electron chi connectivity index (χ2n) is 9.75. The Hall–Kier alpha value is -4.26. The maximum Gasteiger partial charge on any atom is 0.381 e. The summed E-state index contributed by atoms with van der Waals surface area (Å²) in [5, 5.41) is 7.68. The summed E-state index contributed by atoms with van der Waals surface area (Å²) in [7, 11) is 0. The highest BCUT2D eigenvalue weighted by Gasteiger charge is 2.76. The molecule has 0 aromatic heterocycles. The second-order valence-corrected chi connectivity index (χ2v) is 9.75. The molecule has 20 heteroatoms. The minimum Gasteiger partial charge on any atom is -0.487 e. The minimum absolute atomic E-state index is 0.0598. The van der Waals surface area contributed by atoms with Crippen molar-refractivity contribution in [1.82, 2.24) is 0 Å². The van der Waals surface area contributed by atoms with Crippen molar-refractivity contribution in [3.63, 3.8) is 0 Å². The molecule has 0 radical (unpaired) electrons. The number of ether oxygens (including phenoxy) is 2.